The highest BCUT2D eigenvalue weighted by molar-refractivity contribution is 5.97. The number of amides is 2. The number of benzene rings is 1. The van der Waals surface area contributed by atoms with Crippen LogP contribution in [0, 0.1) is 23.7 Å². The fourth-order valence-corrected chi connectivity index (χ4v) is 10.7. The number of carbonyl (C=O) groups excluding carboxylic acids is 4. The number of aryl methyl sites for hydroxylation is 1. The predicted molar refractivity (Wildman–Crippen MR) is 256 cm³/mol. The summed E-state index contributed by atoms with van der Waals surface area (Å²) < 4.78 is 50.8. The number of cyclic esters (lactones) is 1. The fourth-order valence-electron chi connectivity index (χ4n) is 10.7. The van der Waals surface area contributed by atoms with E-state index in [2.05, 4.69) is 20.8 Å². The number of H-pyrrole nitrogens is 1. The molecule has 3 aliphatic rings. The largest absolute Gasteiger partial charge is 0.459 e. The minimum atomic E-state index is -2.03. The lowest BCUT2D eigenvalue weighted by atomic mass is 9.74. The Kier molecular flexibility index (Phi) is 19.1. The van der Waals surface area contributed by atoms with Gasteiger partial charge in [0.2, 0.25) is 0 Å². The van der Waals surface area contributed by atoms with Gasteiger partial charge in [-0.25, -0.2) is 15.2 Å². The average molecular weight is 992 g/mol. The van der Waals surface area contributed by atoms with Gasteiger partial charge in [0.05, 0.1) is 53.1 Å². The van der Waals surface area contributed by atoms with Crippen LogP contribution in [0.2, 0.25) is 0 Å². The maximum Gasteiger partial charge on any atom is 0.426 e. The molecule has 2 amide bonds. The number of methoxy groups -OCH3 is 2. The van der Waals surface area contributed by atoms with E-state index in [4.69, 9.17) is 37.9 Å². The van der Waals surface area contributed by atoms with Gasteiger partial charge in [-0.05, 0) is 99.5 Å². The fraction of sp³-hybridized carbons (Fsp3) is 0.780. The Bertz CT molecular complexity index is 2100. The molecule has 0 saturated carbocycles. The average Bonchev–Trinajstić information content (AvgIpc) is 3.73. The van der Waals surface area contributed by atoms with E-state index < -0.39 is 114 Å². The van der Waals surface area contributed by atoms with Gasteiger partial charge in [0, 0.05) is 56.4 Å². The molecule has 3 saturated heterocycles. The summed E-state index contributed by atoms with van der Waals surface area (Å²) in [4.78, 5) is 64.8. The second-order valence-corrected chi connectivity index (χ2v) is 20.8. The Hall–Kier alpha value is -3.83. The standard InChI is InChI=1S/C50H81N5O15/c1-16-18-36-51-32-20-19-31(22-33(32)52-36)44(59)53-54-47(61)70-43-30(8)66-37(24-49(43,10)64-15)68-40-28(6)42(69-46-39(57)34(55(12)13)21-26(4)65-46)48(9,63-14)23-25(3)38(56)27(5)41(58)50(11,62)35(17-2)67-45(60)29(40)7/h19-20,22,25-30,34-35,37,39-43,46,57-58,62H,16-18,21,23-24H2,1-15H3,(H,51,52)(H,53,59)(H,54,61)/t25-,26-,27+,28+,29-,30+,34+,35-,37+,39-,40+,41-,42-,43+,46+,48-,49-,50-/m1/s1. The third kappa shape index (κ3) is 12.5. The molecule has 0 aliphatic carbocycles. The highest BCUT2D eigenvalue weighted by Crippen LogP contribution is 2.42. The van der Waals surface area contributed by atoms with Crippen molar-refractivity contribution >= 4 is 34.8 Å². The molecular formula is C50H81N5O15. The number of carbonyl (C=O) groups is 4. The molecule has 396 valence electrons. The lowest BCUT2D eigenvalue weighted by Gasteiger charge is -2.50. The number of hydrazine groups is 1. The van der Waals surface area contributed by atoms with Crippen LogP contribution in [0.15, 0.2) is 18.2 Å². The summed E-state index contributed by atoms with van der Waals surface area (Å²) >= 11 is 0. The van der Waals surface area contributed by atoms with Crippen molar-refractivity contribution in [3.8, 4) is 0 Å². The van der Waals surface area contributed by atoms with E-state index in [1.54, 1.807) is 66.7 Å². The van der Waals surface area contributed by atoms with Gasteiger partial charge in [-0.3, -0.25) is 19.8 Å². The molecule has 3 fully saturated rings. The van der Waals surface area contributed by atoms with Gasteiger partial charge in [-0.15, -0.1) is 0 Å². The minimum Gasteiger partial charge on any atom is -0.459 e. The van der Waals surface area contributed by atoms with Gasteiger partial charge in [-0.1, -0.05) is 34.6 Å². The molecule has 20 heteroatoms. The zero-order valence-electron chi connectivity index (χ0n) is 43.8. The number of hydrogen-bond acceptors (Lipinski definition) is 17. The van der Waals surface area contributed by atoms with Crippen molar-refractivity contribution in [1.82, 2.24) is 25.7 Å². The van der Waals surface area contributed by atoms with Gasteiger partial charge in [-0.2, -0.15) is 0 Å². The number of aromatic nitrogens is 2. The topological polar surface area (TPSA) is 259 Å². The molecule has 6 N–H and O–H groups in total. The van der Waals surface area contributed by atoms with Gasteiger partial charge in [0.15, 0.2) is 18.7 Å². The number of likely N-dealkylation sites (N-methyl/N-ethyl adjacent to an activating group) is 1. The summed E-state index contributed by atoms with van der Waals surface area (Å²) in [5, 5.41) is 35.2. The molecule has 4 heterocycles. The highest BCUT2D eigenvalue weighted by Gasteiger charge is 2.55. The number of aromatic amines is 1. The predicted octanol–water partition coefficient (Wildman–Crippen LogP) is 4.35. The zero-order valence-corrected chi connectivity index (χ0v) is 43.8. The maximum absolute atomic E-state index is 14.5. The molecule has 0 unspecified atom stereocenters. The highest BCUT2D eigenvalue weighted by atomic mass is 16.7. The van der Waals surface area contributed by atoms with Crippen LogP contribution in [-0.2, 0) is 53.9 Å². The first-order valence-corrected chi connectivity index (χ1v) is 24.7. The Morgan fingerprint density at radius 3 is 2.19 bits per heavy atom. The first-order chi connectivity index (χ1) is 32.7. The Labute approximate surface area is 412 Å². The quantitative estimate of drug-likeness (QED) is 0.128. The Morgan fingerprint density at radius 2 is 1.57 bits per heavy atom. The summed E-state index contributed by atoms with van der Waals surface area (Å²) in [5.41, 5.74) is 1.75. The van der Waals surface area contributed by atoms with Crippen LogP contribution >= 0.6 is 0 Å². The van der Waals surface area contributed by atoms with E-state index in [-0.39, 0.29) is 42.8 Å². The number of Topliss-reactive ketones (excluding diaryl/α,β-unsaturated/α-hetero) is 1. The number of rotatable bonds is 12. The smallest absolute Gasteiger partial charge is 0.426 e. The van der Waals surface area contributed by atoms with E-state index >= 15 is 0 Å². The molecule has 2 aromatic rings. The third-order valence-corrected chi connectivity index (χ3v) is 15.0. The Morgan fingerprint density at radius 1 is 0.914 bits per heavy atom. The van der Waals surface area contributed by atoms with Crippen molar-refractivity contribution in [2.24, 2.45) is 23.7 Å². The van der Waals surface area contributed by atoms with Crippen molar-refractivity contribution in [2.45, 2.75) is 199 Å². The van der Waals surface area contributed by atoms with Crippen LogP contribution in [0.5, 0.6) is 0 Å². The van der Waals surface area contributed by atoms with Crippen LogP contribution in [0.1, 0.15) is 124 Å². The lowest BCUT2D eigenvalue weighted by molar-refractivity contribution is -0.319. The molecule has 3 aliphatic heterocycles. The van der Waals surface area contributed by atoms with E-state index in [1.165, 1.54) is 28.1 Å². The van der Waals surface area contributed by atoms with Crippen LogP contribution in [-0.4, -0.2) is 167 Å². The number of hydrogen-bond donors (Lipinski definition) is 6. The maximum atomic E-state index is 14.5. The van der Waals surface area contributed by atoms with Crippen LogP contribution in [0.25, 0.3) is 11.0 Å². The van der Waals surface area contributed by atoms with Gasteiger partial charge < -0.3 is 63.1 Å². The molecule has 1 aromatic heterocycles. The molecule has 0 bridgehead atoms. The molecule has 0 spiro atoms. The second-order valence-electron chi connectivity index (χ2n) is 20.8. The SMILES string of the molecule is CCCc1nc2ccc(C(=O)NNC(=O)O[C@H]3[C@H](C)O[C@@H](O[C@H]4[C@H](C)[C@@H](O[C@@H]5O[C@H](C)C[C@H](N(C)C)[C@H]5O)[C@](C)(OC)C[C@@H](C)C(=O)[C@H](C)[C@@H](O)[C@](C)(O)[C@@H](CC)OC(=O)[C@@H]4C)C[C@@]3(C)OC)cc2[nH]1. The van der Waals surface area contributed by atoms with Gasteiger partial charge in [0.25, 0.3) is 5.91 Å². The van der Waals surface area contributed by atoms with Crippen molar-refractivity contribution in [1.29, 1.82) is 0 Å². The zero-order chi connectivity index (χ0) is 52.2. The normalized spacial score (nSPS) is 39.3. The van der Waals surface area contributed by atoms with Crippen molar-refractivity contribution in [3.63, 3.8) is 0 Å². The molecular weight excluding hydrogens is 911 g/mol. The number of aliphatic hydroxyl groups excluding tert-OH is 2. The monoisotopic (exact) mass is 992 g/mol. The van der Waals surface area contributed by atoms with E-state index in [1.807, 2.05) is 32.8 Å². The number of ether oxygens (including phenoxy) is 8. The lowest BCUT2D eigenvalue weighted by Crippen LogP contribution is -2.62. The van der Waals surface area contributed by atoms with Crippen molar-refractivity contribution in [3.05, 3.63) is 29.6 Å². The molecule has 1 aromatic carbocycles. The summed E-state index contributed by atoms with van der Waals surface area (Å²) in [7, 11) is 6.65. The van der Waals surface area contributed by atoms with Crippen molar-refractivity contribution in [2.75, 3.05) is 28.3 Å². The first-order valence-electron chi connectivity index (χ1n) is 24.7. The summed E-state index contributed by atoms with van der Waals surface area (Å²) in [6.07, 6.45) is -9.37. The number of nitrogens with one attached hydrogen (secondary N) is 3. The van der Waals surface area contributed by atoms with Crippen LogP contribution < -0.4 is 10.9 Å². The van der Waals surface area contributed by atoms with E-state index in [0.29, 0.717) is 17.5 Å². The molecule has 0 radical (unpaired) electrons. The number of ketones is 1. The van der Waals surface area contributed by atoms with Crippen LogP contribution in [0.3, 0.4) is 0 Å². The number of imidazole rings is 1. The molecule has 70 heavy (non-hydrogen) atoms. The van der Waals surface area contributed by atoms with Gasteiger partial charge in [0.1, 0.15) is 35.0 Å². The summed E-state index contributed by atoms with van der Waals surface area (Å²) in [5.74, 6) is -4.68. The Balaban J connectivity index is 1.45. The first kappa shape index (κ1) is 57.1. The van der Waals surface area contributed by atoms with Crippen molar-refractivity contribution < 1.29 is 72.4 Å². The number of fused-ring (bicyclic) bond motifs is 1. The van der Waals surface area contributed by atoms with E-state index in [9.17, 15) is 34.5 Å². The number of esters is 1. The summed E-state index contributed by atoms with van der Waals surface area (Å²) in [6.45, 7) is 18.8. The number of aliphatic hydroxyl groups is 3. The molecule has 18 atom stereocenters. The molecule has 5 rings (SSSR count). The van der Waals surface area contributed by atoms with Crippen LogP contribution in [0.4, 0.5) is 4.79 Å². The summed E-state index contributed by atoms with van der Waals surface area (Å²) in [6, 6.07) is 4.62. The number of nitrogens with zero attached hydrogens (tertiary/aromatic N) is 2. The molecule has 20 nitrogen and oxygen atoms in total. The van der Waals surface area contributed by atoms with E-state index in [0.717, 1.165) is 18.7 Å². The minimum absolute atomic E-state index is 0.0329. The third-order valence-electron chi connectivity index (χ3n) is 15.0. The van der Waals surface area contributed by atoms with Gasteiger partial charge >= 0.3 is 12.1 Å². The second kappa shape index (κ2) is 23.4.